The summed E-state index contributed by atoms with van der Waals surface area (Å²) < 4.78 is 32.3. The van der Waals surface area contributed by atoms with Gasteiger partial charge in [-0.3, -0.25) is 0 Å². The molecule has 3 atom stereocenters. The first-order valence-corrected chi connectivity index (χ1v) is 9.31. The van der Waals surface area contributed by atoms with Crippen LogP contribution < -0.4 is 0 Å². The highest BCUT2D eigenvalue weighted by molar-refractivity contribution is 7.89. The lowest BCUT2D eigenvalue weighted by Crippen LogP contribution is -2.18. The first kappa shape index (κ1) is 17.1. The quantitative estimate of drug-likeness (QED) is 0.778. The lowest BCUT2D eigenvalue weighted by Gasteiger charge is -2.08. The van der Waals surface area contributed by atoms with Crippen LogP contribution in [0.1, 0.15) is 11.1 Å². The molecule has 0 spiro atoms. The molecule has 128 valence electrons. The Morgan fingerprint density at radius 3 is 2.33 bits per heavy atom. The molecule has 1 heterocycles. The molecule has 1 saturated heterocycles. The molecular formula is C18H21NO4S. The van der Waals surface area contributed by atoms with E-state index in [0.29, 0.717) is 6.61 Å². The summed E-state index contributed by atoms with van der Waals surface area (Å²) in [6, 6.07) is 15.7. The Kier molecular flexibility index (Phi) is 5.01. The monoisotopic (exact) mass is 347 g/mol. The average Bonchev–Trinajstić information content (AvgIpc) is 3.30. The highest BCUT2D eigenvalue weighted by atomic mass is 32.2. The molecule has 0 bridgehead atoms. The third kappa shape index (κ3) is 3.52. The zero-order valence-corrected chi connectivity index (χ0v) is 14.3. The molecule has 0 aliphatic carbocycles. The predicted molar refractivity (Wildman–Crippen MR) is 91.0 cm³/mol. The molecule has 24 heavy (non-hydrogen) atoms. The maximum Gasteiger partial charge on any atom is 0.243 e. The van der Waals surface area contributed by atoms with E-state index in [0.717, 1.165) is 11.1 Å². The van der Waals surface area contributed by atoms with Crippen LogP contribution in [0.4, 0.5) is 0 Å². The number of ether oxygens (including phenoxy) is 1. The molecule has 0 radical (unpaired) electrons. The standard InChI is InChI=1S/C18H21NO4S/c1-14-7-9-16(10-8-14)24(21,22)19-17(11-20)18(19)13-23-12-15-5-3-2-4-6-15/h2-10,17-18,20H,11-13H2,1H3/t17-,18+,19?/m1/s1. The highest BCUT2D eigenvalue weighted by Gasteiger charge is 2.55. The summed E-state index contributed by atoms with van der Waals surface area (Å²) in [5.74, 6) is 0. The first-order valence-electron chi connectivity index (χ1n) is 7.87. The number of rotatable bonds is 7. The van der Waals surface area contributed by atoms with Crippen molar-refractivity contribution >= 4 is 10.0 Å². The number of aryl methyl sites for hydroxylation is 1. The van der Waals surface area contributed by atoms with Crippen LogP contribution in [0.5, 0.6) is 0 Å². The minimum Gasteiger partial charge on any atom is -0.395 e. The second-order valence-corrected chi connectivity index (χ2v) is 7.81. The summed E-state index contributed by atoms with van der Waals surface area (Å²) >= 11 is 0. The van der Waals surface area contributed by atoms with Crippen LogP contribution >= 0.6 is 0 Å². The third-order valence-electron chi connectivity index (χ3n) is 4.19. The molecule has 2 aromatic rings. The van der Waals surface area contributed by atoms with Gasteiger partial charge in [-0.05, 0) is 24.6 Å². The Balaban J connectivity index is 1.64. The number of nitrogens with zero attached hydrogens (tertiary/aromatic N) is 1. The van der Waals surface area contributed by atoms with Crippen molar-refractivity contribution in [2.45, 2.75) is 30.5 Å². The first-order chi connectivity index (χ1) is 11.5. The van der Waals surface area contributed by atoms with Crippen molar-refractivity contribution in [1.82, 2.24) is 4.31 Å². The van der Waals surface area contributed by atoms with Gasteiger partial charge in [-0.15, -0.1) is 0 Å². The van der Waals surface area contributed by atoms with E-state index in [-0.39, 0.29) is 24.2 Å². The van der Waals surface area contributed by atoms with Crippen molar-refractivity contribution in [1.29, 1.82) is 0 Å². The number of sulfonamides is 1. The third-order valence-corrected chi connectivity index (χ3v) is 6.16. The molecule has 0 saturated carbocycles. The van der Waals surface area contributed by atoms with Crippen molar-refractivity contribution in [2.75, 3.05) is 13.2 Å². The van der Waals surface area contributed by atoms with E-state index >= 15 is 0 Å². The van der Waals surface area contributed by atoms with E-state index in [1.165, 1.54) is 4.31 Å². The van der Waals surface area contributed by atoms with Crippen molar-refractivity contribution in [3.8, 4) is 0 Å². The molecule has 1 aliphatic heterocycles. The fraction of sp³-hybridized carbons (Fsp3) is 0.333. The maximum atomic E-state index is 12.7. The molecule has 1 aliphatic rings. The van der Waals surface area contributed by atoms with Gasteiger partial charge in [0.05, 0.1) is 36.8 Å². The van der Waals surface area contributed by atoms with Crippen molar-refractivity contribution in [3.05, 3.63) is 65.7 Å². The number of aliphatic hydroxyl groups is 1. The van der Waals surface area contributed by atoms with Gasteiger partial charge >= 0.3 is 0 Å². The van der Waals surface area contributed by atoms with E-state index in [1.807, 2.05) is 37.3 Å². The van der Waals surface area contributed by atoms with Crippen LogP contribution in [0.3, 0.4) is 0 Å². The van der Waals surface area contributed by atoms with E-state index in [2.05, 4.69) is 0 Å². The van der Waals surface area contributed by atoms with Crippen LogP contribution in [0.15, 0.2) is 59.5 Å². The van der Waals surface area contributed by atoms with E-state index in [1.54, 1.807) is 24.3 Å². The highest BCUT2D eigenvalue weighted by Crippen LogP contribution is 2.36. The lowest BCUT2D eigenvalue weighted by molar-refractivity contribution is 0.117. The molecule has 0 aromatic heterocycles. The van der Waals surface area contributed by atoms with Gasteiger partial charge in [-0.2, -0.15) is 4.31 Å². The number of benzene rings is 2. The number of hydrogen-bond donors (Lipinski definition) is 1. The summed E-state index contributed by atoms with van der Waals surface area (Å²) in [5.41, 5.74) is 2.04. The van der Waals surface area contributed by atoms with Crippen molar-refractivity contribution < 1.29 is 18.3 Å². The van der Waals surface area contributed by atoms with Gasteiger partial charge in [-0.25, -0.2) is 8.42 Å². The number of aliphatic hydroxyl groups excluding tert-OH is 1. The zero-order chi connectivity index (χ0) is 17.2. The van der Waals surface area contributed by atoms with Crippen LogP contribution in [0.25, 0.3) is 0 Å². The minimum atomic E-state index is -3.59. The Labute approximate surface area is 142 Å². The molecule has 6 heteroatoms. The molecule has 3 rings (SSSR count). The van der Waals surface area contributed by atoms with Crippen LogP contribution in [-0.2, 0) is 21.4 Å². The van der Waals surface area contributed by atoms with E-state index < -0.39 is 16.1 Å². The fourth-order valence-electron chi connectivity index (χ4n) is 2.76. The van der Waals surface area contributed by atoms with E-state index in [4.69, 9.17) is 4.74 Å². The molecule has 0 amide bonds. The predicted octanol–water partition coefficient (Wildman–Crippen LogP) is 1.95. The largest absolute Gasteiger partial charge is 0.395 e. The Morgan fingerprint density at radius 1 is 1.04 bits per heavy atom. The van der Waals surface area contributed by atoms with E-state index in [9.17, 15) is 13.5 Å². The SMILES string of the molecule is Cc1ccc(S(=O)(=O)N2[C@H](CO)[C@@H]2COCc2ccccc2)cc1. The maximum absolute atomic E-state index is 12.7. The van der Waals surface area contributed by atoms with Gasteiger partial charge in [0.25, 0.3) is 0 Å². The molecule has 2 aromatic carbocycles. The Morgan fingerprint density at radius 2 is 1.71 bits per heavy atom. The van der Waals surface area contributed by atoms with Crippen LogP contribution in [0, 0.1) is 6.92 Å². The van der Waals surface area contributed by atoms with Gasteiger partial charge in [-0.1, -0.05) is 48.0 Å². The number of hydrogen-bond acceptors (Lipinski definition) is 4. The van der Waals surface area contributed by atoms with Gasteiger partial charge in [0, 0.05) is 0 Å². The Bertz CT molecular complexity index is 774. The van der Waals surface area contributed by atoms with Gasteiger partial charge in [0.2, 0.25) is 10.0 Å². The van der Waals surface area contributed by atoms with Crippen LogP contribution in [-0.4, -0.2) is 43.1 Å². The average molecular weight is 347 g/mol. The lowest BCUT2D eigenvalue weighted by atomic mass is 10.2. The minimum absolute atomic E-state index is 0.204. The summed E-state index contributed by atoms with van der Waals surface area (Å²) in [6.07, 6.45) is 0. The second-order valence-electron chi connectivity index (χ2n) is 5.97. The van der Waals surface area contributed by atoms with Crippen molar-refractivity contribution in [3.63, 3.8) is 0 Å². The Hall–Kier alpha value is -1.73. The zero-order valence-electron chi connectivity index (χ0n) is 13.5. The molecule has 1 N–H and O–H groups in total. The van der Waals surface area contributed by atoms with Gasteiger partial charge in [0.1, 0.15) is 0 Å². The van der Waals surface area contributed by atoms with Crippen molar-refractivity contribution in [2.24, 2.45) is 0 Å². The second kappa shape index (κ2) is 7.03. The summed E-state index contributed by atoms with van der Waals surface area (Å²) in [6.45, 7) is 2.40. The van der Waals surface area contributed by atoms with Gasteiger partial charge in [0.15, 0.2) is 0 Å². The van der Waals surface area contributed by atoms with Gasteiger partial charge < -0.3 is 9.84 Å². The molecular weight excluding hydrogens is 326 g/mol. The normalized spacial score (nSPS) is 23.2. The summed E-state index contributed by atoms with van der Waals surface area (Å²) in [7, 11) is -3.59. The van der Waals surface area contributed by atoms with Crippen LogP contribution in [0.2, 0.25) is 0 Å². The molecule has 5 nitrogen and oxygen atoms in total. The molecule has 1 unspecified atom stereocenters. The molecule has 1 fully saturated rings. The summed E-state index contributed by atoms with van der Waals surface area (Å²) in [4.78, 5) is 0.247. The fourth-order valence-corrected chi connectivity index (χ4v) is 4.55. The summed E-state index contributed by atoms with van der Waals surface area (Å²) in [5, 5.41) is 9.46. The smallest absolute Gasteiger partial charge is 0.243 e. The topological polar surface area (TPSA) is 66.6 Å².